The quantitative estimate of drug-likeness (QED) is 0.0809. The number of pyridine rings is 2. The fourth-order valence-corrected chi connectivity index (χ4v) is 7.96. The molecule has 1 amide bonds. The minimum atomic E-state index is -0.657. The topological polar surface area (TPSA) is 162 Å². The van der Waals surface area contributed by atoms with Crippen LogP contribution >= 0.6 is 0 Å². The standard InChI is InChI=1S/C27H31N3O3.C14H19NO3.C13H14N2O/c1-32-24-11-7-8-22(20-24)26(25-12-5-6-15-28-25)29-27(31)21-13-16-30(17-14-21)18-19-33-23-9-3-2-4-10-23;16-14(17)12-6-8-15(9-7-12)10-11-18-13-4-2-1-3-5-13;1-16-11-6-4-5-10(9-11)13(14)12-7-2-3-8-15-12/h2-12,15,20-21,26H,13-14,16-19H2,1H3,(H,29,31);1-5,12H,6-11H2,(H,16,17);2-9,13H,14H2,1H3. The van der Waals surface area contributed by atoms with E-state index in [-0.39, 0.29) is 29.8 Å². The summed E-state index contributed by atoms with van der Waals surface area (Å²) in [6.45, 7) is 6.53. The van der Waals surface area contributed by atoms with E-state index < -0.39 is 5.97 Å². The van der Waals surface area contributed by atoms with E-state index in [1.165, 1.54) is 0 Å². The first-order valence-electron chi connectivity index (χ1n) is 23.0. The molecule has 8 rings (SSSR count). The van der Waals surface area contributed by atoms with Crippen LogP contribution in [0, 0.1) is 11.8 Å². The molecule has 2 saturated heterocycles. The zero-order chi connectivity index (χ0) is 47.1. The zero-order valence-electron chi connectivity index (χ0n) is 38.6. The molecule has 4 N–H and O–H groups in total. The number of piperidine rings is 2. The van der Waals surface area contributed by atoms with Gasteiger partial charge in [0.25, 0.3) is 0 Å². The molecule has 2 aromatic heterocycles. The number of likely N-dealkylation sites (tertiary alicyclic amines) is 2. The molecular formula is C54H64N6O7. The van der Waals surface area contributed by atoms with Crippen LogP contribution in [0.4, 0.5) is 0 Å². The molecule has 2 fully saturated rings. The lowest BCUT2D eigenvalue weighted by Crippen LogP contribution is -2.42. The largest absolute Gasteiger partial charge is 0.497 e. The molecule has 6 aromatic rings. The molecular weight excluding hydrogens is 845 g/mol. The Balaban J connectivity index is 0.000000183. The number of carboxylic acids is 1. The number of benzene rings is 4. The summed E-state index contributed by atoms with van der Waals surface area (Å²) in [5.41, 5.74) is 9.75. The monoisotopic (exact) mass is 908 g/mol. The maximum Gasteiger partial charge on any atom is 0.306 e. The van der Waals surface area contributed by atoms with E-state index in [0.29, 0.717) is 13.2 Å². The third kappa shape index (κ3) is 16.2. The Morgan fingerprint density at radius 2 is 1.04 bits per heavy atom. The molecule has 2 atom stereocenters. The molecule has 0 bridgehead atoms. The van der Waals surface area contributed by atoms with Crippen LogP contribution in [0.1, 0.15) is 60.3 Å². The summed E-state index contributed by atoms with van der Waals surface area (Å²) in [5, 5.41) is 12.2. The van der Waals surface area contributed by atoms with Crippen LogP contribution in [0.2, 0.25) is 0 Å². The van der Waals surface area contributed by atoms with Crippen LogP contribution in [0.5, 0.6) is 23.0 Å². The van der Waals surface area contributed by atoms with E-state index in [1.807, 2.05) is 146 Å². The Kier molecular flexibility index (Phi) is 20.0. The first kappa shape index (κ1) is 49.6. The molecule has 67 heavy (non-hydrogen) atoms. The normalized spacial score (nSPS) is 15.3. The van der Waals surface area contributed by atoms with E-state index in [1.54, 1.807) is 26.6 Å². The number of methoxy groups -OCH3 is 2. The smallest absolute Gasteiger partial charge is 0.306 e. The number of para-hydroxylation sites is 2. The summed E-state index contributed by atoms with van der Waals surface area (Å²) >= 11 is 0. The first-order chi connectivity index (χ1) is 32.8. The highest BCUT2D eigenvalue weighted by atomic mass is 16.5. The van der Waals surface area contributed by atoms with Gasteiger partial charge in [0, 0.05) is 31.4 Å². The highest BCUT2D eigenvalue weighted by Gasteiger charge is 2.28. The van der Waals surface area contributed by atoms with Gasteiger partial charge in [0.15, 0.2) is 0 Å². The van der Waals surface area contributed by atoms with Crippen LogP contribution in [0.25, 0.3) is 0 Å². The maximum atomic E-state index is 13.2. The Labute approximate surface area is 394 Å². The second kappa shape index (κ2) is 27.0. The number of aromatic nitrogens is 2. The summed E-state index contributed by atoms with van der Waals surface area (Å²) in [6.07, 6.45) is 6.68. The van der Waals surface area contributed by atoms with Crippen molar-refractivity contribution in [2.24, 2.45) is 17.6 Å². The van der Waals surface area contributed by atoms with Gasteiger partial charge in [-0.3, -0.25) is 29.4 Å². The van der Waals surface area contributed by atoms with E-state index in [0.717, 1.165) is 110 Å². The third-order valence-electron chi connectivity index (χ3n) is 11.9. The minimum absolute atomic E-state index is 0.00638. The molecule has 0 saturated carbocycles. The number of nitrogens with two attached hydrogens (primary N) is 1. The van der Waals surface area contributed by atoms with Crippen molar-refractivity contribution in [3.63, 3.8) is 0 Å². The van der Waals surface area contributed by atoms with Gasteiger partial charge in [-0.15, -0.1) is 0 Å². The molecule has 2 aliphatic rings. The molecule has 0 aliphatic carbocycles. The lowest BCUT2D eigenvalue weighted by molar-refractivity contribution is -0.143. The molecule has 0 spiro atoms. The van der Waals surface area contributed by atoms with Gasteiger partial charge in [0.05, 0.1) is 43.6 Å². The number of rotatable bonds is 17. The van der Waals surface area contributed by atoms with Gasteiger partial charge in [0.1, 0.15) is 36.2 Å². The highest BCUT2D eigenvalue weighted by molar-refractivity contribution is 5.79. The minimum Gasteiger partial charge on any atom is -0.497 e. The second-order valence-electron chi connectivity index (χ2n) is 16.4. The maximum absolute atomic E-state index is 13.2. The number of amides is 1. The average molecular weight is 909 g/mol. The van der Waals surface area contributed by atoms with Crippen LogP contribution < -0.4 is 30.0 Å². The van der Waals surface area contributed by atoms with Gasteiger partial charge in [-0.05, 0) is 136 Å². The number of carbonyl (C=O) groups is 2. The third-order valence-corrected chi connectivity index (χ3v) is 11.9. The van der Waals surface area contributed by atoms with Gasteiger partial charge in [-0.2, -0.15) is 0 Å². The first-order valence-corrected chi connectivity index (χ1v) is 23.0. The van der Waals surface area contributed by atoms with Crippen molar-refractivity contribution >= 4 is 11.9 Å². The van der Waals surface area contributed by atoms with Crippen molar-refractivity contribution in [1.82, 2.24) is 25.1 Å². The van der Waals surface area contributed by atoms with Gasteiger partial charge < -0.3 is 35.1 Å². The van der Waals surface area contributed by atoms with E-state index in [4.69, 9.17) is 29.8 Å². The van der Waals surface area contributed by atoms with Crippen molar-refractivity contribution in [3.05, 3.63) is 181 Å². The molecule has 2 aliphatic heterocycles. The molecule has 13 heteroatoms. The fourth-order valence-electron chi connectivity index (χ4n) is 7.96. The number of ether oxygens (including phenoxy) is 4. The summed E-state index contributed by atoms with van der Waals surface area (Å²) < 4.78 is 22.0. The number of nitrogens with one attached hydrogen (secondary N) is 1. The zero-order valence-corrected chi connectivity index (χ0v) is 38.6. The van der Waals surface area contributed by atoms with Gasteiger partial charge in [0.2, 0.25) is 5.91 Å². The van der Waals surface area contributed by atoms with E-state index >= 15 is 0 Å². The highest BCUT2D eigenvalue weighted by Crippen LogP contribution is 2.27. The van der Waals surface area contributed by atoms with Crippen molar-refractivity contribution in [2.45, 2.75) is 37.8 Å². The summed E-state index contributed by atoms with van der Waals surface area (Å²) in [6, 6.07) is 46.1. The summed E-state index contributed by atoms with van der Waals surface area (Å²) in [7, 11) is 3.29. The van der Waals surface area contributed by atoms with Gasteiger partial charge in [-0.1, -0.05) is 72.8 Å². The fraction of sp³-hybridized carbons (Fsp3) is 0.333. The number of carbonyl (C=O) groups excluding carboxylic acids is 1. The molecule has 4 heterocycles. The second-order valence-corrected chi connectivity index (χ2v) is 16.4. The summed E-state index contributed by atoms with van der Waals surface area (Å²) in [5.74, 6) is 2.61. The van der Waals surface area contributed by atoms with Crippen molar-refractivity contribution in [3.8, 4) is 23.0 Å². The molecule has 352 valence electrons. The van der Waals surface area contributed by atoms with Crippen LogP contribution in [0.15, 0.2) is 158 Å². The average Bonchev–Trinajstić information content (AvgIpc) is 3.39. The lowest BCUT2D eigenvalue weighted by atomic mass is 9.94. The Bertz CT molecular complexity index is 2330. The number of aliphatic carboxylic acids is 1. The number of nitrogens with zero attached hydrogens (tertiary/aromatic N) is 4. The van der Waals surface area contributed by atoms with Crippen LogP contribution in [0.3, 0.4) is 0 Å². The Morgan fingerprint density at radius 3 is 1.52 bits per heavy atom. The van der Waals surface area contributed by atoms with Crippen molar-refractivity contribution < 1.29 is 33.6 Å². The molecule has 2 unspecified atom stereocenters. The van der Waals surface area contributed by atoms with E-state index in [9.17, 15) is 9.59 Å². The van der Waals surface area contributed by atoms with Crippen LogP contribution in [-0.2, 0) is 9.59 Å². The number of carboxylic acid groups (broad SMARTS) is 1. The van der Waals surface area contributed by atoms with Gasteiger partial charge in [-0.25, -0.2) is 0 Å². The predicted octanol–water partition coefficient (Wildman–Crippen LogP) is 8.09. The number of hydrogen-bond acceptors (Lipinski definition) is 11. The van der Waals surface area contributed by atoms with Crippen molar-refractivity contribution in [2.75, 3.05) is 66.7 Å². The lowest BCUT2D eigenvalue weighted by Gasteiger charge is -2.32. The molecule has 4 aromatic carbocycles. The molecule has 13 nitrogen and oxygen atoms in total. The molecule has 0 radical (unpaired) electrons. The van der Waals surface area contributed by atoms with E-state index in [2.05, 4.69) is 25.1 Å². The Morgan fingerprint density at radius 1 is 0.597 bits per heavy atom. The SMILES string of the molecule is COc1cccc(C(N)c2ccccn2)c1.COc1cccc(C(NC(=O)C2CCN(CCOc3ccccc3)CC2)c2ccccn2)c1.O=C(O)C1CCN(CCOc2ccccc2)CC1. The van der Waals surface area contributed by atoms with Crippen molar-refractivity contribution in [1.29, 1.82) is 0 Å². The summed E-state index contributed by atoms with van der Waals surface area (Å²) in [4.78, 5) is 37.4. The Hall–Kier alpha value is -6.80. The van der Waals surface area contributed by atoms with Gasteiger partial charge >= 0.3 is 5.97 Å². The predicted molar refractivity (Wildman–Crippen MR) is 260 cm³/mol. The van der Waals surface area contributed by atoms with Crippen LogP contribution in [-0.4, -0.2) is 103 Å². The number of hydrogen-bond donors (Lipinski definition) is 3.